The lowest BCUT2D eigenvalue weighted by Gasteiger charge is -2.26. The Labute approximate surface area is 222 Å². The molecule has 38 heavy (non-hydrogen) atoms. The van der Waals surface area contributed by atoms with E-state index in [0.29, 0.717) is 37.7 Å². The molecule has 1 atom stereocenters. The van der Waals surface area contributed by atoms with Crippen molar-refractivity contribution in [2.24, 2.45) is 4.99 Å². The lowest BCUT2D eigenvalue weighted by molar-refractivity contribution is -0.139. The zero-order valence-electron chi connectivity index (χ0n) is 21.3. The van der Waals surface area contributed by atoms with Crippen molar-refractivity contribution in [2.45, 2.75) is 19.9 Å². The Hall–Kier alpha value is -4.37. The van der Waals surface area contributed by atoms with E-state index in [0.717, 1.165) is 10.8 Å². The first kappa shape index (κ1) is 25.3. The molecule has 1 aliphatic rings. The molecule has 3 aromatic carbocycles. The third-order valence-corrected chi connectivity index (χ3v) is 7.46. The minimum absolute atomic E-state index is 0.0614. The van der Waals surface area contributed by atoms with Crippen molar-refractivity contribution in [3.63, 3.8) is 0 Å². The Morgan fingerprint density at radius 1 is 1.13 bits per heavy atom. The number of carbonyl (C=O) groups is 1. The molecule has 8 nitrogen and oxygen atoms in total. The highest BCUT2D eigenvalue weighted by Crippen LogP contribution is 2.37. The normalized spacial score (nSPS) is 15.3. The largest absolute Gasteiger partial charge is 0.507 e. The SMILES string of the molecule is CCOC(=O)C1=C(C)N=c2s/c(=C\c3c(O)ccc4ccccc34)c(=O)n2[C@@H]1c1ccc(OC)cc1OC. The van der Waals surface area contributed by atoms with Gasteiger partial charge in [-0.05, 0) is 48.9 Å². The van der Waals surface area contributed by atoms with Gasteiger partial charge in [-0.3, -0.25) is 9.36 Å². The fraction of sp³-hybridized carbons (Fsp3) is 0.207. The second-order valence-corrected chi connectivity index (χ2v) is 9.64. The summed E-state index contributed by atoms with van der Waals surface area (Å²) in [6.07, 6.45) is 1.67. The number of carbonyl (C=O) groups excluding carboxylic acids is 1. The first-order valence-corrected chi connectivity index (χ1v) is 12.8. The number of phenolic OH excluding ortho intramolecular Hbond substituents is 1. The van der Waals surface area contributed by atoms with Gasteiger partial charge in [0.1, 0.15) is 23.3 Å². The first-order chi connectivity index (χ1) is 18.4. The molecular formula is C29H26N2O6S. The van der Waals surface area contributed by atoms with E-state index in [4.69, 9.17) is 14.2 Å². The van der Waals surface area contributed by atoms with Crippen LogP contribution in [0.25, 0.3) is 16.8 Å². The Kier molecular flexibility index (Phi) is 6.77. The number of allylic oxidation sites excluding steroid dienone is 1. The molecule has 0 unspecified atom stereocenters. The zero-order valence-corrected chi connectivity index (χ0v) is 22.2. The Morgan fingerprint density at radius 3 is 2.66 bits per heavy atom. The minimum Gasteiger partial charge on any atom is -0.507 e. The molecule has 2 heterocycles. The van der Waals surface area contributed by atoms with E-state index in [2.05, 4.69) is 4.99 Å². The van der Waals surface area contributed by atoms with Crippen LogP contribution in [0, 0.1) is 0 Å². The number of ether oxygens (including phenoxy) is 3. The summed E-state index contributed by atoms with van der Waals surface area (Å²) in [7, 11) is 3.07. The number of benzene rings is 3. The molecule has 1 aliphatic heterocycles. The quantitative estimate of drug-likeness (QED) is 0.382. The van der Waals surface area contributed by atoms with E-state index in [-0.39, 0.29) is 23.5 Å². The minimum atomic E-state index is -0.838. The Balaban J connectivity index is 1.80. The van der Waals surface area contributed by atoms with Gasteiger partial charge in [0.2, 0.25) is 0 Å². The maximum absolute atomic E-state index is 14.0. The maximum atomic E-state index is 14.0. The number of rotatable bonds is 6. The zero-order chi connectivity index (χ0) is 27.0. The second-order valence-electron chi connectivity index (χ2n) is 8.63. The summed E-state index contributed by atoms with van der Waals surface area (Å²) in [4.78, 5) is 32.2. The van der Waals surface area contributed by atoms with Crippen LogP contribution in [0.3, 0.4) is 0 Å². The van der Waals surface area contributed by atoms with Crippen LogP contribution in [-0.2, 0) is 9.53 Å². The van der Waals surface area contributed by atoms with Crippen molar-refractivity contribution in [1.82, 2.24) is 4.57 Å². The predicted octanol–water partition coefficient (Wildman–Crippen LogP) is 3.67. The monoisotopic (exact) mass is 530 g/mol. The summed E-state index contributed by atoms with van der Waals surface area (Å²) in [6, 6.07) is 15.5. The molecular weight excluding hydrogens is 504 g/mol. The molecule has 0 aliphatic carbocycles. The van der Waals surface area contributed by atoms with Gasteiger partial charge >= 0.3 is 5.97 Å². The third kappa shape index (κ3) is 4.24. The van der Waals surface area contributed by atoms with Crippen molar-refractivity contribution >= 4 is 34.2 Å². The van der Waals surface area contributed by atoms with Gasteiger partial charge in [0.25, 0.3) is 5.56 Å². The molecule has 0 saturated carbocycles. The molecule has 0 bridgehead atoms. The molecule has 5 rings (SSSR count). The van der Waals surface area contributed by atoms with Gasteiger partial charge in [-0.2, -0.15) is 0 Å². The maximum Gasteiger partial charge on any atom is 0.338 e. The van der Waals surface area contributed by atoms with Crippen molar-refractivity contribution in [3.8, 4) is 17.2 Å². The standard InChI is InChI=1S/C29H26N2O6S/c1-5-37-28(34)25-16(2)30-29-31(26(25)20-12-11-18(35-3)14-23(20)36-4)27(33)24(38-29)15-21-19-9-7-6-8-17(19)10-13-22(21)32/h6-15,26,32H,5H2,1-4H3/b24-15-/t26-/m1/s1. The molecule has 1 aromatic heterocycles. The smallest absolute Gasteiger partial charge is 0.338 e. The number of aromatic hydroxyl groups is 1. The van der Waals surface area contributed by atoms with Gasteiger partial charge in [-0.1, -0.05) is 41.7 Å². The van der Waals surface area contributed by atoms with Gasteiger partial charge < -0.3 is 19.3 Å². The summed E-state index contributed by atoms with van der Waals surface area (Å²) in [5.41, 5.74) is 1.48. The van der Waals surface area contributed by atoms with Crippen LogP contribution in [0.4, 0.5) is 0 Å². The topological polar surface area (TPSA) is 99.4 Å². The molecule has 0 amide bonds. The van der Waals surface area contributed by atoms with E-state index in [1.165, 1.54) is 23.0 Å². The highest BCUT2D eigenvalue weighted by atomic mass is 32.1. The summed E-state index contributed by atoms with van der Waals surface area (Å²) in [5, 5.41) is 12.4. The van der Waals surface area contributed by atoms with E-state index >= 15 is 0 Å². The number of thiazole rings is 1. The first-order valence-electron chi connectivity index (χ1n) is 12.0. The van der Waals surface area contributed by atoms with Gasteiger partial charge in [-0.15, -0.1) is 0 Å². The van der Waals surface area contributed by atoms with E-state index in [1.807, 2.05) is 30.3 Å². The highest BCUT2D eigenvalue weighted by Gasteiger charge is 2.35. The number of fused-ring (bicyclic) bond motifs is 2. The molecule has 194 valence electrons. The van der Waals surface area contributed by atoms with Crippen LogP contribution in [0.5, 0.6) is 17.2 Å². The Bertz CT molecular complexity index is 1780. The number of hydrogen-bond acceptors (Lipinski definition) is 8. The van der Waals surface area contributed by atoms with Crippen molar-refractivity contribution in [2.75, 3.05) is 20.8 Å². The van der Waals surface area contributed by atoms with Gasteiger partial charge in [-0.25, -0.2) is 9.79 Å². The van der Waals surface area contributed by atoms with Crippen LogP contribution in [0.2, 0.25) is 0 Å². The molecule has 0 radical (unpaired) electrons. The van der Waals surface area contributed by atoms with Crippen LogP contribution in [-0.4, -0.2) is 36.5 Å². The van der Waals surface area contributed by atoms with Crippen LogP contribution >= 0.6 is 11.3 Å². The van der Waals surface area contributed by atoms with Crippen LogP contribution in [0.15, 0.2) is 75.7 Å². The summed E-state index contributed by atoms with van der Waals surface area (Å²) < 4.78 is 18.2. The molecule has 0 fully saturated rings. The predicted molar refractivity (Wildman–Crippen MR) is 146 cm³/mol. The van der Waals surface area contributed by atoms with Crippen molar-refractivity contribution in [1.29, 1.82) is 0 Å². The molecule has 1 N–H and O–H groups in total. The number of nitrogens with zero attached hydrogens (tertiary/aromatic N) is 2. The lowest BCUT2D eigenvalue weighted by atomic mass is 9.95. The summed E-state index contributed by atoms with van der Waals surface area (Å²) >= 11 is 1.19. The second kappa shape index (κ2) is 10.2. The molecule has 4 aromatic rings. The molecule has 0 spiro atoms. The molecule has 9 heteroatoms. The Morgan fingerprint density at radius 2 is 1.92 bits per heavy atom. The average Bonchev–Trinajstić information content (AvgIpc) is 3.23. The average molecular weight is 531 g/mol. The van der Waals surface area contributed by atoms with Crippen LogP contribution < -0.4 is 24.4 Å². The fourth-order valence-electron chi connectivity index (χ4n) is 4.70. The lowest BCUT2D eigenvalue weighted by Crippen LogP contribution is -2.40. The number of methoxy groups -OCH3 is 2. The van der Waals surface area contributed by atoms with E-state index in [1.54, 1.807) is 51.3 Å². The number of esters is 1. The fourth-order valence-corrected chi connectivity index (χ4v) is 5.73. The number of aromatic nitrogens is 1. The third-order valence-electron chi connectivity index (χ3n) is 6.48. The highest BCUT2D eigenvalue weighted by molar-refractivity contribution is 7.07. The van der Waals surface area contributed by atoms with E-state index in [9.17, 15) is 14.7 Å². The van der Waals surface area contributed by atoms with E-state index < -0.39 is 12.0 Å². The van der Waals surface area contributed by atoms with Crippen molar-refractivity contribution < 1.29 is 24.1 Å². The summed E-state index contributed by atoms with van der Waals surface area (Å²) in [5.74, 6) is 0.527. The van der Waals surface area contributed by atoms with Crippen LogP contribution in [0.1, 0.15) is 31.0 Å². The molecule has 0 saturated heterocycles. The number of hydrogen-bond donors (Lipinski definition) is 1. The van der Waals surface area contributed by atoms with Gasteiger partial charge in [0.05, 0.1) is 36.6 Å². The van der Waals surface area contributed by atoms with Gasteiger partial charge in [0.15, 0.2) is 4.80 Å². The van der Waals surface area contributed by atoms with Crippen molar-refractivity contribution in [3.05, 3.63) is 96.7 Å². The van der Waals surface area contributed by atoms with Gasteiger partial charge in [0, 0.05) is 17.2 Å². The number of phenols is 1. The summed E-state index contributed by atoms with van der Waals surface area (Å²) in [6.45, 7) is 3.62.